The number of carbonyl (C=O) groups is 1. The summed E-state index contributed by atoms with van der Waals surface area (Å²) in [4.78, 5) is 18.0. The monoisotopic (exact) mass is 306 g/mol. The number of hydrogen-bond acceptors (Lipinski definition) is 4. The van der Waals surface area contributed by atoms with Crippen LogP contribution in [0.4, 0.5) is 5.82 Å². The van der Waals surface area contributed by atoms with Crippen LogP contribution in [0.2, 0.25) is 0 Å². The van der Waals surface area contributed by atoms with E-state index in [2.05, 4.69) is 15.6 Å². The van der Waals surface area contributed by atoms with Crippen LogP contribution >= 0.6 is 24.8 Å². The van der Waals surface area contributed by atoms with Gasteiger partial charge in [-0.15, -0.1) is 24.8 Å². The Morgan fingerprint density at radius 2 is 2.16 bits per heavy atom. The summed E-state index contributed by atoms with van der Waals surface area (Å²) in [5.74, 6) is 0.806. The fourth-order valence-electron chi connectivity index (χ4n) is 1.83. The van der Waals surface area contributed by atoms with Crippen LogP contribution in [-0.4, -0.2) is 44.1 Å². The van der Waals surface area contributed by atoms with E-state index in [1.54, 1.807) is 12.3 Å². The van der Waals surface area contributed by atoms with Gasteiger partial charge >= 0.3 is 0 Å². The van der Waals surface area contributed by atoms with E-state index in [9.17, 15) is 4.79 Å². The predicted octanol–water partition coefficient (Wildman–Crippen LogP) is 1.08. The molecule has 1 aliphatic heterocycles. The Bertz CT molecular complexity index is 391. The number of carbonyl (C=O) groups excluding carboxylic acids is 1. The van der Waals surface area contributed by atoms with Crippen LogP contribution in [0.3, 0.4) is 0 Å². The number of pyridine rings is 1. The second-order valence-electron chi connectivity index (χ2n) is 4.46. The molecular formula is C12H20Cl2N4O. The van der Waals surface area contributed by atoms with Gasteiger partial charge in [-0.05, 0) is 25.1 Å². The third-order valence-corrected chi connectivity index (χ3v) is 2.86. The molecule has 108 valence electrons. The standard InChI is InChI=1S/C12H18N4O.2ClH/c1-16(2)11-4-3-9(7-14-11)12(17)15-10-5-6-13-8-10;;/h3-4,7,10,13H,5-6,8H2,1-2H3,(H,15,17);2*1H. The van der Waals surface area contributed by atoms with Crippen molar-refractivity contribution in [2.45, 2.75) is 12.5 Å². The van der Waals surface area contributed by atoms with Crippen molar-refractivity contribution in [1.82, 2.24) is 15.6 Å². The number of rotatable bonds is 3. The summed E-state index contributed by atoms with van der Waals surface area (Å²) in [7, 11) is 3.85. The van der Waals surface area contributed by atoms with Gasteiger partial charge in [0.15, 0.2) is 0 Å². The fourth-order valence-corrected chi connectivity index (χ4v) is 1.83. The van der Waals surface area contributed by atoms with Crippen molar-refractivity contribution < 1.29 is 4.79 Å². The Labute approximate surface area is 126 Å². The summed E-state index contributed by atoms with van der Waals surface area (Å²) in [6.07, 6.45) is 2.61. The zero-order chi connectivity index (χ0) is 12.3. The minimum atomic E-state index is -0.0449. The van der Waals surface area contributed by atoms with Gasteiger partial charge in [-0.25, -0.2) is 4.98 Å². The van der Waals surface area contributed by atoms with Gasteiger partial charge in [-0.3, -0.25) is 4.79 Å². The van der Waals surface area contributed by atoms with E-state index >= 15 is 0 Å². The summed E-state index contributed by atoms with van der Waals surface area (Å²) < 4.78 is 0. The van der Waals surface area contributed by atoms with E-state index in [1.807, 2.05) is 25.1 Å². The highest BCUT2D eigenvalue weighted by Gasteiger charge is 2.17. The lowest BCUT2D eigenvalue weighted by Crippen LogP contribution is -2.36. The number of nitrogens with one attached hydrogen (secondary N) is 2. The third-order valence-electron chi connectivity index (χ3n) is 2.86. The molecule has 1 aromatic heterocycles. The lowest BCUT2D eigenvalue weighted by Gasteiger charge is -2.13. The van der Waals surface area contributed by atoms with Gasteiger partial charge in [0.05, 0.1) is 5.56 Å². The molecule has 1 aromatic rings. The number of halogens is 2. The minimum Gasteiger partial charge on any atom is -0.363 e. The van der Waals surface area contributed by atoms with Crippen molar-refractivity contribution >= 4 is 36.5 Å². The van der Waals surface area contributed by atoms with E-state index in [0.29, 0.717) is 5.56 Å². The van der Waals surface area contributed by atoms with Crippen LogP contribution in [0.15, 0.2) is 18.3 Å². The second kappa shape index (κ2) is 8.19. The Kier molecular flexibility index (Phi) is 7.75. The van der Waals surface area contributed by atoms with Crippen molar-refractivity contribution in [2.24, 2.45) is 0 Å². The average molecular weight is 307 g/mol. The first-order valence-electron chi connectivity index (χ1n) is 5.82. The summed E-state index contributed by atoms with van der Waals surface area (Å²) in [5, 5.41) is 6.20. The molecule has 1 saturated heterocycles. The second-order valence-corrected chi connectivity index (χ2v) is 4.46. The van der Waals surface area contributed by atoms with Gasteiger partial charge in [0.2, 0.25) is 0 Å². The molecule has 0 aliphatic carbocycles. The molecule has 0 bridgehead atoms. The SMILES string of the molecule is CN(C)c1ccc(C(=O)NC2CCNC2)cn1.Cl.Cl. The van der Waals surface area contributed by atoms with Gasteiger partial charge in [0.1, 0.15) is 5.82 Å². The number of hydrogen-bond donors (Lipinski definition) is 2. The Balaban J connectivity index is 0.00000162. The van der Waals surface area contributed by atoms with E-state index in [1.165, 1.54) is 0 Å². The van der Waals surface area contributed by atoms with Gasteiger partial charge in [0, 0.05) is 32.9 Å². The first-order chi connectivity index (χ1) is 8.16. The summed E-state index contributed by atoms with van der Waals surface area (Å²) >= 11 is 0. The Hall–Kier alpha value is -1.04. The van der Waals surface area contributed by atoms with E-state index < -0.39 is 0 Å². The van der Waals surface area contributed by atoms with E-state index in [4.69, 9.17) is 0 Å². The zero-order valence-corrected chi connectivity index (χ0v) is 12.7. The molecule has 1 atom stereocenters. The largest absolute Gasteiger partial charge is 0.363 e. The number of nitrogens with zero attached hydrogens (tertiary/aromatic N) is 2. The van der Waals surface area contributed by atoms with Gasteiger partial charge in [-0.2, -0.15) is 0 Å². The number of aromatic nitrogens is 1. The maximum Gasteiger partial charge on any atom is 0.253 e. The van der Waals surface area contributed by atoms with Crippen molar-refractivity contribution in [3.8, 4) is 0 Å². The van der Waals surface area contributed by atoms with Crippen molar-refractivity contribution in [3.63, 3.8) is 0 Å². The van der Waals surface area contributed by atoms with Gasteiger partial charge in [-0.1, -0.05) is 0 Å². The molecule has 2 N–H and O–H groups in total. The summed E-state index contributed by atoms with van der Waals surface area (Å²) in [6, 6.07) is 3.90. The molecule has 1 unspecified atom stereocenters. The van der Waals surface area contributed by atoms with Crippen LogP contribution in [0.1, 0.15) is 16.8 Å². The van der Waals surface area contributed by atoms with E-state index in [-0.39, 0.29) is 36.8 Å². The highest BCUT2D eigenvalue weighted by Crippen LogP contribution is 2.08. The maximum atomic E-state index is 11.9. The molecule has 0 radical (unpaired) electrons. The lowest BCUT2D eigenvalue weighted by atomic mass is 10.2. The summed E-state index contributed by atoms with van der Waals surface area (Å²) in [5.41, 5.74) is 0.613. The quantitative estimate of drug-likeness (QED) is 0.877. The smallest absolute Gasteiger partial charge is 0.253 e. The molecule has 2 heterocycles. The topological polar surface area (TPSA) is 57.3 Å². The fraction of sp³-hybridized carbons (Fsp3) is 0.500. The number of amides is 1. The van der Waals surface area contributed by atoms with Gasteiger partial charge in [0.25, 0.3) is 5.91 Å². The first-order valence-corrected chi connectivity index (χ1v) is 5.82. The summed E-state index contributed by atoms with van der Waals surface area (Å²) in [6.45, 7) is 1.83. The minimum absolute atomic E-state index is 0. The zero-order valence-electron chi connectivity index (χ0n) is 11.0. The molecular weight excluding hydrogens is 287 g/mol. The molecule has 19 heavy (non-hydrogen) atoms. The molecule has 1 fully saturated rings. The Morgan fingerprint density at radius 1 is 1.42 bits per heavy atom. The highest BCUT2D eigenvalue weighted by atomic mass is 35.5. The van der Waals surface area contributed by atoms with Crippen molar-refractivity contribution in [3.05, 3.63) is 23.9 Å². The molecule has 0 aromatic carbocycles. The average Bonchev–Trinajstić information content (AvgIpc) is 2.82. The highest BCUT2D eigenvalue weighted by molar-refractivity contribution is 5.94. The van der Waals surface area contributed by atoms with Crippen LogP contribution in [-0.2, 0) is 0 Å². The molecule has 7 heteroatoms. The molecule has 5 nitrogen and oxygen atoms in total. The Morgan fingerprint density at radius 3 is 2.63 bits per heavy atom. The maximum absolute atomic E-state index is 11.9. The van der Waals surface area contributed by atoms with E-state index in [0.717, 1.165) is 25.3 Å². The third kappa shape index (κ3) is 4.86. The van der Waals surface area contributed by atoms with Crippen LogP contribution in [0, 0.1) is 0 Å². The van der Waals surface area contributed by atoms with Crippen molar-refractivity contribution in [1.29, 1.82) is 0 Å². The van der Waals surface area contributed by atoms with Gasteiger partial charge < -0.3 is 15.5 Å². The predicted molar refractivity (Wildman–Crippen MR) is 81.8 cm³/mol. The van der Waals surface area contributed by atoms with Crippen LogP contribution < -0.4 is 15.5 Å². The number of anilines is 1. The van der Waals surface area contributed by atoms with Crippen LogP contribution in [0.25, 0.3) is 0 Å². The normalized spacial score (nSPS) is 17.1. The molecule has 1 amide bonds. The van der Waals surface area contributed by atoms with Crippen LogP contribution in [0.5, 0.6) is 0 Å². The molecule has 0 spiro atoms. The van der Waals surface area contributed by atoms with Crippen molar-refractivity contribution in [2.75, 3.05) is 32.1 Å². The molecule has 1 aliphatic rings. The molecule has 0 saturated carbocycles. The first kappa shape index (κ1) is 18.0. The lowest BCUT2D eigenvalue weighted by molar-refractivity contribution is 0.0939. The molecule has 2 rings (SSSR count).